The van der Waals surface area contributed by atoms with Crippen LogP contribution in [0.2, 0.25) is 5.02 Å². The third-order valence-electron chi connectivity index (χ3n) is 4.50. The van der Waals surface area contributed by atoms with E-state index >= 15 is 0 Å². The number of para-hydroxylation sites is 2. The first-order valence-electron chi connectivity index (χ1n) is 8.12. The fourth-order valence-electron chi connectivity index (χ4n) is 3.20. The highest BCUT2D eigenvalue weighted by Crippen LogP contribution is 2.33. The molecule has 1 aliphatic rings. The predicted octanol–water partition coefficient (Wildman–Crippen LogP) is 4.70. The number of aromatic nitrogens is 2. The molecule has 2 aromatic carbocycles. The van der Waals surface area contributed by atoms with Gasteiger partial charge < -0.3 is 13.8 Å². The second kappa shape index (κ2) is 5.63. The molecule has 0 atom stereocenters. The van der Waals surface area contributed by atoms with E-state index < -0.39 is 0 Å². The summed E-state index contributed by atoms with van der Waals surface area (Å²) < 4.78 is 11.5. The number of oxazole rings is 1. The Labute approximate surface area is 148 Å². The quantitative estimate of drug-likeness (QED) is 0.524. The van der Waals surface area contributed by atoms with Crippen molar-refractivity contribution in [3.63, 3.8) is 0 Å². The summed E-state index contributed by atoms with van der Waals surface area (Å²) in [5.41, 5.74) is 4.71. The number of halogens is 1. The highest BCUT2D eigenvalue weighted by molar-refractivity contribution is 6.30. The van der Waals surface area contributed by atoms with Gasteiger partial charge in [-0.25, -0.2) is 0 Å². The number of rotatable bonds is 2. The highest BCUT2D eigenvalue weighted by Gasteiger charge is 2.27. The van der Waals surface area contributed by atoms with Crippen LogP contribution >= 0.6 is 11.6 Å². The summed E-state index contributed by atoms with van der Waals surface area (Å²) in [5.74, 6) is 0.785. The van der Waals surface area contributed by atoms with Gasteiger partial charge in [-0.2, -0.15) is 4.98 Å². The van der Waals surface area contributed by atoms with Crippen LogP contribution in [0.25, 0.3) is 22.4 Å². The molecule has 124 valence electrons. The summed E-state index contributed by atoms with van der Waals surface area (Å²) in [6.45, 7) is 1.45. The molecule has 0 bridgehead atoms. The zero-order valence-electron chi connectivity index (χ0n) is 13.3. The van der Waals surface area contributed by atoms with Gasteiger partial charge in [0.25, 0.3) is 6.01 Å². The van der Waals surface area contributed by atoms with Gasteiger partial charge in [0.1, 0.15) is 5.52 Å². The number of anilines is 1. The van der Waals surface area contributed by atoms with Gasteiger partial charge in [-0.15, -0.1) is 0 Å². The maximum Gasteiger partial charge on any atom is 0.298 e. The van der Waals surface area contributed by atoms with Crippen molar-refractivity contribution >= 4 is 28.7 Å². The van der Waals surface area contributed by atoms with Crippen LogP contribution < -0.4 is 4.90 Å². The number of fused-ring (bicyclic) bond motifs is 2. The summed E-state index contributed by atoms with van der Waals surface area (Å²) in [7, 11) is 0. The topological polar surface area (TPSA) is 55.3 Å². The zero-order valence-corrected chi connectivity index (χ0v) is 14.0. The molecule has 5 rings (SSSR count). The smallest absolute Gasteiger partial charge is 0.298 e. The van der Waals surface area contributed by atoms with E-state index in [4.69, 9.17) is 20.5 Å². The summed E-state index contributed by atoms with van der Waals surface area (Å²) in [6.07, 6.45) is 0.797. The van der Waals surface area contributed by atoms with Crippen molar-refractivity contribution in [2.45, 2.75) is 13.0 Å². The average molecular weight is 352 g/mol. The minimum Gasteiger partial charge on any atom is -0.423 e. The third-order valence-corrected chi connectivity index (χ3v) is 4.75. The van der Waals surface area contributed by atoms with Crippen LogP contribution in [0.1, 0.15) is 11.3 Å². The van der Waals surface area contributed by atoms with E-state index in [-0.39, 0.29) is 0 Å². The second-order valence-electron chi connectivity index (χ2n) is 6.08. The average Bonchev–Trinajstić information content (AvgIpc) is 3.26. The van der Waals surface area contributed by atoms with Gasteiger partial charge in [-0.1, -0.05) is 28.9 Å². The largest absolute Gasteiger partial charge is 0.423 e. The van der Waals surface area contributed by atoms with Crippen molar-refractivity contribution in [2.75, 3.05) is 11.4 Å². The predicted molar refractivity (Wildman–Crippen MR) is 95.7 cm³/mol. The van der Waals surface area contributed by atoms with Crippen molar-refractivity contribution in [1.29, 1.82) is 0 Å². The molecule has 0 saturated carbocycles. The van der Waals surface area contributed by atoms with E-state index in [0.29, 0.717) is 17.6 Å². The Bertz CT molecular complexity index is 1020. The summed E-state index contributed by atoms with van der Waals surface area (Å²) in [4.78, 5) is 6.72. The minimum atomic E-state index is 0.634. The molecule has 5 nitrogen and oxygen atoms in total. The SMILES string of the molecule is Clc1ccc(-c2onc3c2CN(c2nc4ccccc4o2)CC3)cc1. The number of benzene rings is 2. The van der Waals surface area contributed by atoms with Crippen LogP contribution in [0.15, 0.2) is 57.5 Å². The lowest BCUT2D eigenvalue weighted by Gasteiger charge is -2.24. The number of nitrogens with zero attached hydrogens (tertiary/aromatic N) is 3. The molecule has 3 heterocycles. The van der Waals surface area contributed by atoms with Crippen molar-refractivity contribution < 1.29 is 8.94 Å². The first-order chi connectivity index (χ1) is 12.3. The second-order valence-corrected chi connectivity index (χ2v) is 6.52. The van der Waals surface area contributed by atoms with Crippen molar-refractivity contribution in [3.8, 4) is 11.3 Å². The molecule has 2 aromatic heterocycles. The van der Waals surface area contributed by atoms with Crippen LogP contribution in [0, 0.1) is 0 Å². The molecule has 0 amide bonds. The highest BCUT2D eigenvalue weighted by atomic mass is 35.5. The van der Waals surface area contributed by atoms with E-state index in [1.165, 1.54) is 0 Å². The minimum absolute atomic E-state index is 0.634. The van der Waals surface area contributed by atoms with Crippen LogP contribution in [-0.2, 0) is 13.0 Å². The molecule has 0 fully saturated rings. The normalized spacial score (nSPS) is 14.0. The van der Waals surface area contributed by atoms with Gasteiger partial charge >= 0.3 is 0 Å². The summed E-state index contributed by atoms with van der Waals surface area (Å²) >= 11 is 5.98. The Morgan fingerprint density at radius 2 is 1.88 bits per heavy atom. The van der Waals surface area contributed by atoms with Crippen molar-refractivity contribution in [2.24, 2.45) is 0 Å². The Hall–Kier alpha value is -2.79. The van der Waals surface area contributed by atoms with Crippen molar-refractivity contribution in [1.82, 2.24) is 10.1 Å². The molecule has 0 saturated heterocycles. The third kappa shape index (κ3) is 2.48. The Morgan fingerprint density at radius 3 is 2.72 bits per heavy atom. The van der Waals surface area contributed by atoms with Gasteiger partial charge in [0, 0.05) is 29.1 Å². The lowest BCUT2D eigenvalue weighted by atomic mass is 10.0. The van der Waals surface area contributed by atoms with Gasteiger partial charge in [0.2, 0.25) is 0 Å². The summed E-state index contributed by atoms with van der Waals surface area (Å²) in [6, 6.07) is 16.0. The standard InChI is InChI=1S/C19H14ClN3O2/c20-13-7-5-12(6-8-13)18-14-11-23(10-9-15(14)22-25-18)19-21-16-3-1-2-4-17(16)24-19/h1-8H,9-11H2. The molecule has 0 aliphatic carbocycles. The Kier molecular flexibility index (Phi) is 3.28. The molecule has 0 N–H and O–H groups in total. The number of hydrogen-bond acceptors (Lipinski definition) is 5. The van der Waals surface area contributed by atoms with Gasteiger partial charge in [-0.3, -0.25) is 0 Å². The Morgan fingerprint density at radius 1 is 1.04 bits per heavy atom. The zero-order chi connectivity index (χ0) is 16.8. The number of hydrogen-bond donors (Lipinski definition) is 0. The summed E-state index contributed by atoms with van der Waals surface area (Å²) in [5, 5.41) is 4.94. The molecule has 0 unspecified atom stereocenters. The fourth-order valence-corrected chi connectivity index (χ4v) is 3.33. The lowest BCUT2D eigenvalue weighted by molar-refractivity contribution is 0.423. The first-order valence-corrected chi connectivity index (χ1v) is 8.49. The maximum atomic E-state index is 5.98. The first kappa shape index (κ1) is 14.5. The van der Waals surface area contributed by atoms with E-state index in [1.807, 2.05) is 48.5 Å². The molecule has 0 spiro atoms. The van der Waals surface area contributed by atoms with E-state index in [2.05, 4.69) is 15.0 Å². The van der Waals surface area contributed by atoms with E-state index in [0.717, 1.165) is 46.6 Å². The van der Waals surface area contributed by atoms with Crippen LogP contribution in [0.5, 0.6) is 0 Å². The molecule has 1 aliphatic heterocycles. The molecule has 6 heteroatoms. The molecule has 25 heavy (non-hydrogen) atoms. The van der Waals surface area contributed by atoms with Gasteiger partial charge in [-0.05, 0) is 36.4 Å². The molecule has 0 radical (unpaired) electrons. The van der Waals surface area contributed by atoms with Crippen LogP contribution in [0.4, 0.5) is 6.01 Å². The van der Waals surface area contributed by atoms with Gasteiger partial charge in [0.05, 0.1) is 12.2 Å². The van der Waals surface area contributed by atoms with E-state index in [1.54, 1.807) is 0 Å². The van der Waals surface area contributed by atoms with Crippen LogP contribution in [-0.4, -0.2) is 16.7 Å². The monoisotopic (exact) mass is 351 g/mol. The molecular weight excluding hydrogens is 338 g/mol. The van der Waals surface area contributed by atoms with Crippen LogP contribution in [0.3, 0.4) is 0 Å². The van der Waals surface area contributed by atoms with E-state index in [9.17, 15) is 0 Å². The lowest BCUT2D eigenvalue weighted by Crippen LogP contribution is -2.30. The van der Waals surface area contributed by atoms with Crippen molar-refractivity contribution in [3.05, 3.63) is 64.8 Å². The Balaban J connectivity index is 1.51. The maximum absolute atomic E-state index is 5.98. The molecule has 4 aromatic rings. The fraction of sp³-hybridized carbons (Fsp3) is 0.158. The molecular formula is C19H14ClN3O2. The van der Waals surface area contributed by atoms with Gasteiger partial charge in [0.15, 0.2) is 11.3 Å².